The number of amides is 3. The molecule has 3 amide bonds. The molecular weight excluding hydrogens is 496 g/mol. The van der Waals surface area contributed by atoms with Crippen molar-refractivity contribution in [2.75, 3.05) is 55.7 Å². The topological polar surface area (TPSA) is 93.6 Å². The van der Waals surface area contributed by atoms with Crippen LogP contribution in [0.5, 0.6) is 0 Å². The molecule has 1 aromatic carbocycles. The molecule has 2 saturated heterocycles. The van der Waals surface area contributed by atoms with E-state index in [0.29, 0.717) is 26.1 Å². The molecule has 4 aliphatic rings. The smallest absolute Gasteiger partial charge is 0.253 e. The fourth-order valence-corrected chi connectivity index (χ4v) is 6.81. The fourth-order valence-electron chi connectivity index (χ4n) is 6.81. The molecule has 210 valence electrons. The van der Waals surface area contributed by atoms with Gasteiger partial charge < -0.3 is 29.4 Å². The lowest BCUT2D eigenvalue weighted by molar-refractivity contribution is -0.144. The molecule has 0 aromatic heterocycles. The van der Waals surface area contributed by atoms with Crippen molar-refractivity contribution in [3.63, 3.8) is 0 Å². The zero-order valence-corrected chi connectivity index (χ0v) is 23.2. The molecule has 9 heteroatoms. The van der Waals surface area contributed by atoms with Gasteiger partial charge in [0.25, 0.3) is 5.91 Å². The predicted octanol–water partition coefficient (Wildman–Crippen LogP) is 2.21. The number of rotatable bonds is 9. The molecule has 1 aromatic rings. The van der Waals surface area contributed by atoms with Gasteiger partial charge in [-0.2, -0.15) is 0 Å². The molecule has 0 radical (unpaired) electrons. The summed E-state index contributed by atoms with van der Waals surface area (Å²) < 4.78 is 6.65. The first kappa shape index (κ1) is 27.4. The Morgan fingerprint density at radius 3 is 2.38 bits per heavy atom. The van der Waals surface area contributed by atoms with E-state index in [4.69, 9.17) is 4.74 Å². The molecule has 4 aliphatic heterocycles. The van der Waals surface area contributed by atoms with Crippen LogP contribution in [0.15, 0.2) is 48.6 Å². The average molecular weight is 537 g/mol. The van der Waals surface area contributed by atoms with Gasteiger partial charge in [0.1, 0.15) is 11.6 Å². The third kappa shape index (κ3) is 4.45. The Hall–Kier alpha value is -3.17. The van der Waals surface area contributed by atoms with Gasteiger partial charge in [0, 0.05) is 57.3 Å². The number of hydrogen-bond donors (Lipinski definition) is 1. The van der Waals surface area contributed by atoms with Crippen LogP contribution in [0.4, 0.5) is 11.4 Å². The van der Waals surface area contributed by atoms with Gasteiger partial charge in [-0.25, -0.2) is 0 Å². The zero-order chi connectivity index (χ0) is 27.7. The molecule has 9 nitrogen and oxygen atoms in total. The fraction of sp³-hybridized carbons (Fsp3) is 0.567. The number of benzene rings is 1. The maximum atomic E-state index is 14.4. The lowest BCUT2D eigenvalue weighted by Gasteiger charge is -2.35. The number of ether oxygens (including phenoxy) is 1. The summed E-state index contributed by atoms with van der Waals surface area (Å²) >= 11 is 0. The second-order valence-electron chi connectivity index (χ2n) is 10.7. The standard InChI is InChI=1S/C30H40N4O5/c1-4-16-32-17-7-10-23-24(27(32)36)25-28(37)34(19-9-20-35)26-29(38)33(18-8-15-30(25,26)39-23)22-13-11-21(12-14-22)31(5-2)6-3/h7-8,10-15,23-26,35H,4-6,9,16-20H2,1-3H3/t23-,24+,25-,26?,30-/m0/s1. The largest absolute Gasteiger partial charge is 0.396 e. The monoisotopic (exact) mass is 536 g/mol. The Morgan fingerprint density at radius 1 is 0.974 bits per heavy atom. The minimum absolute atomic E-state index is 0.0984. The summed E-state index contributed by atoms with van der Waals surface area (Å²) in [5.41, 5.74) is 0.581. The summed E-state index contributed by atoms with van der Waals surface area (Å²) in [6.07, 6.45) is 8.16. The summed E-state index contributed by atoms with van der Waals surface area (Å²) in [6.45, 7) is 9.55. The zero-order valence-electron chi connectivity index (χ0n) is 23.2. The highest BCUT2D eigenvalue weighted by Crippen LogP contribution is 2.53. The van der Waals surface area contributed by atoms with Crippen LogP contribution in [0, 0.1) is 11.8 Å². The highest BCUT2D eigenvalue weighted by molar-refractivity contribution is 6.05. The first-order valence-electron chi connectivity index (χ1n) is 14.3. The van der Waals surface area contributed by atoms with Gasteiger partial charge in [0.15, 0.2) is 0 Å². The van der Waals surface area contributed by atoms with Crippen molar-refractivity contribution < 1.29 is 24.2 Å². The van der Waals surface area contributed by atoms with E-state index in [1.54, 1.807) is 14.7 Å². The van der Waals surface area contributed by atoms with Crippen molar-refractivity contribution in [1.29, 1.82) is 0 Å². The van der Waals surface area contributed by atoms with E-state index >= 15 is 0 Å². The second-order valence-corrected chi connectivity index (χ2v) is 10.7. The minimum Gasteiger partial charge on any atom is -0.396 e. The molecular formula is C30H40N4O5. The van der Waals surface area contributed by atoms with Gasteiger partial charge >= 0.3 is 0 Å². The van der Waals surface area contributed by atoms with Crippen molar-refractivity contribution in [2.24, 2.45) is 11.8 Å². The lowest BCUT2D eigenvalue weighted by Crippen LogP contribution is -2.55. The van der Waals surface area contributed by atoms with E-state index < -0.39 is 29.6 Å². The van der Waals surface area contributed by atoms with Crippen molar-refractivity contribution >= 4 is 29.1 Å². The molecule has 0 bridgehead atoms. The highest BCUT2D eigenvalue weighted by Gasteiger charge is 2.71. The van der Waals surface area contributed by atoms with Gasteiger partial charge in [-0.1, -0.05) is 31.2 Å². The minimum atomic E-state index is -1.25. The summed E-state index contributed by atoms with van der Waals surface area (Å²) in [5, 5.41) is 9.58. The molecule has 5 atom stereocenters. The van der Waals surface area contributed by atoms with Crippen LogP contribution in [-0.2, 0) is 19.1 Å². The van der Waals surface area contributed by atoms with Crippen LogP contribution < -0.4 is 9.80 Å². The van der Waals surface area contributed by atoms with Crippen LogP contribution in [-0.4, -0.2) is 96.3 Å². The highest BCUT2D eigenvalue weighted by atomic mass is 16.5. The third-order valence-electron chi connectivity index (χ3n) is 8.58. The number of aliphatic hydroxyl groups is 1. The van der Waals surface area contributed by atoms with Crippen LogP contribution >= 0.6 is 0 Å². The van der Waals surface area contributed by atoms with E-state index in [2.05, 4.69) is 18.7 Å². The molecule has 2 fully saturated rings. The Labute approximate surface area is 230 Å². The van der Waals surface area contributed by atoms with Gasteiger partial charge in [0.2, 0.25) is 11.8 Å². The average Bonchev–Trinajstić information content (AvgIpc) is 3.25. The molecule has 4 heterocycles. The van der Waals surface area contributed by atoms with Crippen molar-refractivity contribution in [3.05, 3.63) is 48.6 Å². The van der Waals surface area contributed by atoms with Crippen LogP contribution in [0.2, 0.25) is 0 Å². The summed E-state index contributed by atoms with van der Waals surface area (Å²) in [5.74, 6) is -2.08. The van der Waals surface area contributed by atoms with Gasteiger partial charge in [-0.05, 0) is 51.0 Å². The molecule has 1 unspecified atom stereocenters. The van der Waals surface area contributed by atoms with E-state index in [-0.39, 0.29) is 30.9 Å². The maximum Gasteiger partial charge on any atom is 0.253 e. The number of likely N-dealkylation sites (tertiary alicyclic amines) is 1. The summed E-state index contributed by atoms with van der Waals surface area (Å²) in [6, 6.07) is 7.00. The predicted molar refractivity (Wildman–Crippen MR) is 149 cm³/mol. The molecule has 0 saturated carbocycles. The second kappa shape index (κ2) is 11.1. The Kier molecular flexibility index (Phi) is 7.82. The molecule has 1 N–H and O–H groups in total. The molecule has 1 spiro atoms. The quantitative estimate of drug-likeness (QED) is 0.487. The number of fused-ring (bicyclic) bond motifs is 2. The van der Waals surface area contributed by atoms with Crippen LogP contribution in [0.25, 0.3) is 0 Å². The Balaban J connectivity index is 1.53. The first-order chi connectivity index (χ1) is 18.9. The van der Waals surface area contributed by atoms with Gasteiger partial charge in [-0.15, -0.1) is 0 Å². The number of hydrogen-bond acceptors (Lipinski definition) is 6. The summed E-state index contributed by atoms with van der Waals surface area (Å²) in [4.78, 5) is 49.5. The SMILES string of the molecule is CCCN1CC=C[C@@H]2O[C@]34C=CCN(c5ccc(N(CC)CC)cc5)C(=O)C3N(CCCO)C(=O)[C@@H]4[C@@H]2C1=O. The summed E-state index contributed by atoms with van der Waals surface area (Å²) in [7, 11) is 0. The molecule has 0 aliphatic carbocycles. The lowest BCUT2D eigenvalue weighted by atomic mass is 9.77. The number of anilines is 2. The van der Waals surface area contributed by atoms with Crippen molar-refractivity contribution in [2.45, 2.75) is 51.4 Å². The number of aliphatic hydroxyl groups excluding tert-OH is 1. The van der Waals surface area contributed by atoms with Crippen LogP contribution in [0.3, 0.4) is 0 Å². The molecule has 39 heavy (non-hydrogen) atoms. The van der Waals surface area contributed by atoms with Crippen molar-refractivity contribution in [1.82, 2.24) is 9.80 Å². The Bertz CT molecular complexity index is 1150. The van der Waals surface area contributed by atoms with E-state index in [0.717, 1.165) is 30.9 Å². The maximum absolute atomic E-state index is 14.4. The van der Waals surface area contributed by atoms with Crippen molar-refractivity contribution in [3.8, 4) is 0 Å². The van der Waals surface area contributed by atoms with E-state index in [1.807, 2.05) is 55.5 Å². The number of carbonyl (C=O) groups excluding carboxylic acids is 3. The van der Waals surface area contributed by atoms with Gasteiger partial charge in [-0.3, -0.25) is 14.4 Å². The Morgan fingerprint density at radius 2 is 1.72 bits per heavy atom. The normalized spacial score (nSPS) is 29.8. The first-order valence-corrected chi connectivity index (χ1v) is 14.3. The molecule has 5 rings (SSSR count). The van der Waals surface area contributed by atoms with E-state index in [9.17, 15) is 19.5 Å². The van der Waals surface area contributed by atoms with Gasteiger partial charge in [0.05, 0.1) is 17.9 Å². The number of carbonyl (C=O) groups is 3. The number of nitrogens with zero attached hydrogens (tertiary/aromatic N) is 4. The van der Waals surface area contributed by atoms with E-state index in [1.165, 1.54) is 0 Å². The third-order valence-corrected chi connectivity index (χ3v) is 8.58. The van der Waals surface area contributed by atoms with Crippen LogP contribution in [0.1, 0.15) is 33.6 Å².